The Bertz CT molecular complexity index is 673. The molecule has 0 spiro atoms. The van der Waals surface area contributed by atoms with Gasteiger partial charge in [0.05, 0.1) is 23.3 Å². The first kappa shape index (κ1) is 14.5. The smallest absolute Gasteiger partial charge is 0.128 e. The van der Waals surface area contributed by atoms with E-state index in [1.807, 2.05) is 12.1 Å². The van der Waals surface area contributed by atoms with E-state index in [1.54, 1.807) is 31.4 Å². The summed E-state index contributed by atoms with van der Waals surface area (Å²) in [5.41, 5.74) is 1.51. The van der Waals surface area contributed by atoms with Gasteiger partial charge in [0.1, 0.15) is 17.6 Å². The van der Waals surface area contributed by atoms with Gasteiger partial charge >= 0.3 is 0 Å². The summed E-state index contributed by atoms with van der Waals surface area (Å²) in [6.45, 7) is 0. The lowest BCUT2D eigenvalue weighted by atomic mass is 9.95. The summed E-state index contributed by atoms with van der Waals surface area (Å²) in [5.74, 6) is 1.33. The topological polar surface area (TPSA) is 38.7 Å². The summed E-state index contributed by atoms with van der Waals surface area (Å²) in [6, 6.07) is 10.8. The predicted octanol–water partition coefficient (Wildman–Crippen LogP) is 4.56. The molecule has 0 fully saturated rings. The van der Waals surface area contributed by atoms with E-state index in [4.69, 9.17) is 32.7 Å². The Morgan fingerprint density at radius 3 is 2.76 bits per heavy atom. The summed E-state index contributed by atoms with van der Waals surface area (Å²) in [4.78, 5) is 0. The lowest BCUT2D eigenvalue weighted by Gasteiger charge is -2.30. The monoisotopic (exact) mass is 324 g/mol. The molecular weight excluding hydrogens is 311 g/mol. The van der Waals surface area contributed by atoms with E-state index in [9.17, 15) is 5.11 Å². The van der Waals surface area contributed by atoms with Crippen molar-refractivity contribution in [2.24, 2.45) is 0 Å². The number of methoxy groups -OCH3 is 1. The Hall–Kier alpha value is -1.42. The lowest BCUT2D eigenvalue weighted by Crippen LogP contribution is -2.19. The van der Waals surface area contributed by atoms with Gasteiger partial charge < -0.3 is 14.6 Å². The number of aliphatic hydroxyl groups is 1. The molecule has 2 aromatic rings. The highest BCUT2D eigenvalue weighted by atomic mass is 35.5. The molecule has 21 heavy (non-hydrogen) atoms. The summed E-state index contributed by atoms with van der Waals surface area (Å²) < 4.78 is 11.1. The molecule has 2 atom stereocenters. The largest absolute Gasteiger partial charge is 0.497 e. The van der Waals surface area contributed by atoms with E-state index >= 15 is 0 Å². The molecule has 1 aliphatic heterocycles. The average Bonchev–Trinajstić information content (AvgIpc) is 2.49. The second-order valence-corrected chi connectivity index (χ2v) is 5.69. The van der Waals surface area contributed by atoms with Gasteiger partial charge in [0, 0.05) is 17.5 Å². The van der Waals surface area contributed by atoms with E-state index in [0.717, 1.165) is 11.1 Å². The van der Waals surface area contributed by atoms with Crippen LogP contribution in [-0.2, 0) is 0 Å². The van der Waals surface area contributed by atoms with E-state index in [1.165, 1.54) is 0 Å². The van der Waals surface area contributed by atoms with E-state index < -0.39 is 6.10 Å². The SMILES string of the molecule is COc1ccc2c(c1)C(O)CC(c1cccc(Cl)c1Cl)O2. The minimum atomic E-state index is -0.635. The van der Waals surface area contributed by atoms with Crippen LogP contribution >= 0.6 is 23.2 Å². The summed E-state index contributed by atoms with van der Waals surface area (Å²) in [6.07, 6.45) is -0.545. The van der Waals surface area contributed by atoms with Crippen LogP contribution in [0.4, 0.5) is 0 Å². The number of benzene rings is 2. The first-order valence-electron chi connectivity index (χ1n) is 6.56. The Morgan fingerprint density at radius 2 is 2.00 bits per heavy atom. The molecule has 1 N–H and O–H groups in total. The van der Waals surface area contributed by atoms with Gasteiger partial charge in [-0.25, -0.2) is 0 Å². The number of aliphatic hydroxyl groups excluding tert-OH is 1. The number of hydrogen-bond acceptors (Lipinski definition) is 3. The molecule has 0 saturated heterocycles. The second kappa shape index (κ2) is 5.76. The van der Waals surface area contributed by atoms with E-state index in [-0.39, 0.29) is 6.10 Å². The van der Waals surface area contributed by atoms with Gasteiger partial charge in [0.15, 0.2) is 0 Å². The molecule has 0 bridgehead atoms. The Kier molecular flexibility index (Phi) is 3.98. The van der Waals surface area contributed by atoms with Crippen LogP contribution in [0.15, 0.2) is 36.4 Å². The third-order valence-corrected chi connectivity index (χ3v) is 4.44. The Morgan fingerprint density at radius 1 is 1.19 bits per heavy atom. The number of hydrogen-bond donors (Lipinski definition) is 1. The highest BCUT2D eigenvalue weighted by Crippen LogP contribution is 2.44. The second-order valence-electron chi connectivity index (χ2n) is 4.90. The van der Waals surface area contributed by atoms with Crippen LogP contribution in [-0.4, -0.2) is 12.2 Å². The van der Waals surface area contributed by atoms with Gasteiger partial charge in [-0.1, -0.05) is 35.3 Å². The van der Waals surface area contributed by atoms with Crippen molar-refractivity contribution in [2.75, 3.05) is 7.11 Å². The zero-order chi connectivity index (χ0) is 15.0. The first-order valence-corrected chi connectivity index (χ1v) is 7.32. The molecule has 0 radical (unpaired) electrons. The minimum absolute atomic E-state index is 0.327. The molecule has 0 aliphatic carbocycles. The van der Waals surface area contributed by atoms with Crippen molar-refractivity contribution in [3.05, 3.63) is 57.6 Å². The molecule has 3 rings (SSSR count). The lowest BCUT2D eigenvalue weighted by molar-refractivity contribution is 0.0655. The Balaban J connectivity index is 1.97. The van der Waals surface area contributed by atoms with Crippen LogP contribution in [0.25, 0.3) is 0 Å². The first-order chi connectivity index (χ1) is 10.1. The molecule has 1 heterocycles. The van der Waals surface area contributed by atoms with Gasteiger partial charge in [0.2, 0.25) is 0 Å². The van der Waals surface area contributed by atoms with Crippen molar-refractivity contribution in [3.8, 4) is 11.5 Å². The van der Waals surface area contributed by atoms with Gasteiger partial charge in [-0.15, -0.1) is 0 Å². The van der Waals surface area contributed by atoms with Crippen LogP contribution in [0.3, 0.4) is 0 Å². The maximum atomic E-state index is 10.4. The van der Waals surface area contributed by atoms with Gasteiger partial charge in [0.25, 0.3) is 0 Å². The fourth-order valence-electron chi connectivity index (χ4n) is 2.51. The predicted molar refractivity (Wildman–Crippen MR) is 82.4 cm³/mol. The molecule has 3 nitrogen and oxygen atoms in total. The van der Waals surface area contributed by atoms with Crippen LogP contribution in [0, 0.1) is 0 Å². The summed E-state index contributed by atoms with van der Waals surface area (Å²) in [7, 11) is 1.59. The molecule has 110 valence electrons. The summed E-state index contributed by atoms with van der Waals surface area (Å²) >= 11 is 12.3. The maximum absolute atomic E-state index is 10.4. The Labute approximate surface area is 133 Å². The fourth-order valence-corrected chi connectivity index (χ4v) is 2.94. The van der Waals surface area contributed by atoms with Crippen LogP contribution in [0.2, 0.25) is 10.0 Å². The minimum Gasteiger partial charge on any atom is -0.497 e. The van der Waals surface area contributed by atoms with Crippen molar-refractivity contribution in [1.82, 2.24) is 0 Å². The van der Waals surface area contributed by atoms with Crippen molar-refractivity contribution in [1.29, 1.82) is 0 Å². The van der Waals surface area contributed by atoms with Crippen LogP contribution in [0.5, 0.6) is 11.5 Å². The van der Waals surface area contributed by atoms with Crippen LogP contribution in [0.1, 0.15) is 29.8 Å². The van der Waals surface area contributed by atoms with Gasteiger partial charge in [-0.05, 0) is 24.3 Å². The van der Waals surface area contributed by atoms with Crippen molar-refractivity contribution in [3.63, 3.8) is 0 Å². The molecule has 2 unspecified atom stereocenters. The molecule has 5 heteroatoms. The van der Waals surface area contributed by atoms with Crippen LogP contribution < -0.4 is 9.47 Å². The average molecular weight is 325 g/mol. The molecule has 0 saturated carbocycles. The number of fused-ring (bicyclic) bond motifs is 1. The highest BCUT2D eigenvalue weighted by molar-refractivity contribution is 6.42. The van der Waals surface area contributed by atoms with Gasteiger partial charge in [-0.2, -0.15) is 0 Å². The van der Waals surface area contributed by atoms with Crippen molar-refractivity contribution >= 4 is 23.2 Å². The number of rotatable bonds is 2. The third kappa shape index (κ3) is 2.69. The summed E-state index contributed by atoms with van der Waals surface area (Å²) in [5, 5.41) is 11.3. The number of ether oxygens (including phenoxy) is 2. The normalized spacial score (nSPS) is 20.6. The molecular formula is C16H14Cl2O3. The third-order valence-electron chi connectivity index (χ3n) is 3.61. The highest BCUT2D eigenvalue weighted by Gasteiger charge is 2.30. The van der Waals surface area contributed by atoms with E-state index in [2.05, 4.69) is 0 Å². The fraction of sp³-hybridized carbons (Fsp3) is 0.250. The number of halogens is 2. The molecule has 0 amide bonds. The molecule has 0 aromatic heterocycles. The molecule has 2 aromatic carbocycles. The van der Waals surface area contributed by atoms with E-state index in [0.29, 0.717) is 28.0 Å². The van der Waals surface area contributed by atoms with Crippen molar-refractivity contribution in [2.45, 2.75) is 18.6 Å². The molecule has 1 aliphatic rings. The quantitative estimate of drug-likeness (QED) is 0.880. The van der Waals surface area contributed by atoms with Crippen molar-refractivity contribution < 1.29 is 14.6 Å². The maximum Gasteiger partial charge on any atom is 0.128 e. The zero-order valence-corrected chi connectivity index (χ0v) is 12.9. The standard InChI is InChI=1S/C16H14Cl2O3/c1-20-9-5-6-14-11(7-9)13(19)8-15(21-14)10-3-2-4-12(17)16(10)18/h2-7,13,15,19H,8H2,1H3. The van der Waals surface area contributed by atoms with Gasteiger partial charge in [-0.3, -0.25) is 0 Å². The zero-order valence-electron chi connectivity index (χ0n) is 11.3.